The highest BCUT2D eigenvalue weighted by atomic mass is 32.2. The fourth-order valence-corrected chi connectivity index (χ4v) is 2.66. The van der Waals surface area contributed by atoms with Crippen LogP contribution in [0.25, 0.3) is 5.57 Å². The number of hydrogen-bond donors (Lipinski definition) is 0. The highest BCUT2D eigenvalue weighted by Gasteiger charge is 2.25. The summed E-state index contributed by atoms with van der Waals surface area (Å²) in [5.74, 6) is 3.24. The first-order valence-electron chi connectivity index (χ1n) is 5.73. The second-order valence-electron chi connectivity index (χ2n) is 4.31. The molecular weight excluding hydrogens is 216 g/mol. The van der Waals surface area contributed by atoms with E-state index < -0.39 is 0 Å². The van der Waals surface area contributed by atoms with Gasteiger partial charge in [-0.25, -0.2) is 0 Å². The maximum atomic E-state index is 5.79. The molecule has 0 aliphatic carbocycles. The van der Waals surface area contributed by atoms with Gasteiger partial charge in [0.2, 0.25) is 0 Å². The van der Waals surface area contributed by atoms with Gasteiger partial charge in [-0.2, -0.15) is 11.8 Å². The van der Waals surface area contributed by atoms with Crippen molar-refractivity contribution in [2.45, 2.75) is 20.0 Å². The lowest BCUT2D eigenvalue weighted by molar-refractivity contribution is 0.118. The van der Waals surface area contributed by atoms with Crippen molar-refractivity contribution < 1.29 is 4.74 Å². The summed E-state index contributed by atoms with van der Waals surface area (Å²) in [7, 11) is 0. The van der Waals surface area contributed by atoms with Gasteiger partial charge in [0.25, 0.3) is 0 Å². The maximum absolute atomic E-state index is 5.79. The average molecular weight is 234 g/mol. The number of benzene rings is 1. The van der Waals surface area contributed by atoms with Crippen molar-refractivity contribution in [1.29, 1.82) is 0 Å². The van der Waals surface area contributed by atoms with E-state index in [-0.39, 0.29) is 0 Å². The van der Waals surface area contributed by atoms with Gasteiger partial charge in [-0.1, -0.05) is 30.3 Å². The molecule has 1 atom stereocenters. The largest absolute Gasteiger partial charge is 0.498 e. The molecule has 0 N–H and O–H groups in total. The molecule has 1 aliphatic rings. The lowest BCUT2D eigenvalue weighted by atomic mass is 10.1. The van der Waals surface area contributed by atoms with Crippen molar-refractivity contribution in [1.82, 2.24) is 0 Å². The van der Waals surface area contributed by atoms with Crippen molar-refractivity contribution in [2.75, 3.05) is 11.5 Å². The van der Waals surface area contributed by atoms with E-state index in [0.717, 1.165) is 5.92 Å². The summed E-state index contributed by atoms with van der Waals surface area (Å²) in [5, 5.41) is 0. The normalized spacial score (nSPS) is 19.0. The number of allylic oxidation sites excluding steroid dienone is 1. The smallest absolute Gasteiger partial charge is 0.0994 e. The van der Waals surface area contributed by atoms with E-state index in [9.17, 15) is 0 Å². The Hall–Kier alpha value is -0.890. The molecule has 1 unspecified atom stereocenters. The molecule has 1 aromatic rings. The van der Waals surface area contributed by atoms with Crippen LogP contribution in [0.1, 0.15) is 19.4 Å². The first-order chi connectivity index (χ1) is 7.77. The summed E-state index contributed by atoms with van der Waals surface area (Å²) in [6.45, 7) is 4.26. The van der Waals surface area contributed by atoms with Crippen molar-refractivity contribution in [2.24, 2.45) is 5.92 Å². The molecule has 86 valence electrons. The van der Waals surface area contributed by atoms with Crippen LogP contribution in [0, 0.1) is 5.92 Å². The van der Waals surface area contributed by atoms with Gasteiger partial charge in [0, 0.05) is 17.4 Å². The molecule has 1 heterocycles. The molecule has 1 aliphatic heterocycles. The first kappa shape index (κ1) is 11.6. The second kappa shape index (κ2) is 5.44. The van der Waals surface area contributed by atoms with Crippen LogP contribution in [-0.2, 0) is 4.74 Å². The zero-order valence-corrected chi connectivity index (χ0v) is 10.7. The molecular formula is C14H18OS. The van der Waals surface area contributed by atoms with Gasteiger partial charge in [0.05, 0.1) is 12.4 Å². The highest BCUT2D eigenvalue weighted by molar-refractivity contribution is 8.00. The predicted molar refractivity (Wildman–Crippen MR) is 71.5 cm³/mol. The molecule has 1 saturated heterocycles. The van der Waals surface area contributed by atoms with Crippen molar-refractivity contribution >= 4 is 17.3 Å². The Bertz CT molecular complexity index is 354. The quantitative estimate of drug-likeness (QED) is 0.733. The third kappa shape index (κ3) is 2.82. The summed E-state index contributed by atoms with van der Waals surface area (Å²) in [5.41, 5.74) is 2.43. The molecule has 1 nitrogen and oxygen atoms in total. The number of ether oxygens (including phenoxy) is 1. The van der Waals surface area contributed by atoms with Gasteiger partial charge in [-0.15, -0.1) is 0 Å². The molecule has 0 spiro atoms. The lowest BCUT2D eigenvalue weighted by Gasteiger charge is -2.30. The predicted octanol–water partition coefficient (Wildman–Crippen LogP) is 3.82. The Labute approximate surface area is 102 Å². The second-order valence-corrected chi connectivity index (χ2v) is 5.38. The minimum Gasteiger partial charge on any atom is -0.498 e. The molecule has 16 heavy (non-hydrogen) atoms. The Morgan fingerprint density at radius 3 is 2.62 bits per heavy atom. The third-order valence-corrected chi connectivity index (χ3v) is 4.34. The molecule has 0 saturated carbocycles. The lowest BCUT2D eigenvalue weighted by Crippen LogP contribution is -2.30. The maximum Gasteiger partial charge on any atom is 0.0994 e. The van der Waals surface area contributed by atoms with E-state index >= 15 is 0 Å². The van der Waals surface area contributed by atoms with Gasteiger partial charge >= 0.3 is 0 Å². The molecule has 1 fully saturated rings. The van der Waals surface area contributed by atoms with E-state index in [1.165, 1.54) is 22.6 Å². The van der Waals surface area contributed by atoms with Gasteiger partial charge in [0.15, 0.2) is 0 Å². The average Bonchev–Trinajstić information content (AvgIpc) is 2.25. The van der Waals surface area contributed by atoms with Crippen LogP contribution in [0.4, 0.5) is 0 Å². The van der Waals surface area contributed by atoms with Gasteiger partial charge < -0.3 is 4.74 Å². The van der Waals surface area contributed by atoms with Crippen molar-refractivity contribution in [3.05, 3.63) is 42.2 Å². The summed E-state index contributed by atoms with van der Waals surface area (Å²) >= 11 is 2.00. The van der Waals surface area contributed by atoms with Crippen LogP contribution in [0.5, 0.6) is 0 Å². The van der Waals surface area contributed by atoms with Crippen LogP contribution in [0.3, 0.4) is 0 Å². The third-order valence-electron chi connectivity index (χ3n) is 3.02. The fourth-order valence-electron chi connectivity index (χ4n) is 1.61. The zero-order valence-electron chi connectivity index (χ0n) is 9.85. The minimum atomic E-state index is 0.347. The fraction of sp³-hybridized carbons (Fsp3) is 0.429. The van der Waals surface area contributed by atoms with Crippen LogP contribution in [0.2, 0.25) is 0 Å². The summed E-state index contributed by atoms with van der Waals surface area (Å²) < 4.78 is 5.79. The summed E-state index contributed by atoms with van der Waals surface area (Å²) in [4.78, 5) is 0. The number of thioether (sulfide) groups is 1. The Morgan fingerprint density at radius 1 is 1.38 bits per heavy atom. The first-order valence-corrected chi connectivity index (χ1v) is 6.88. The van der Waals surface area contributed by atoms with Crippen molar-refractivity contribution in [3.63, 3.8) is 0 Å². The molecule has 0 bridgehead atoms. The number of hydrogen-bond acceptors (Lipinski definition) is 2. The Balaban J connectivity index is 1.91. The number of rotatable bonds is 4. The zero-order chi connectivity index (χ0) is 11.4. The van der Waals surface area contributed by atoms with E-state index in [1.54, 1.807) is 0 Å². The molecule has 0 amide bonds. The van der Waals surface area contributed by atoms with Gasteiger partial charge in [-0.05, 0) is 25.0 Å². The summed E-state index contributed by atoms with van der Waals surface area (Å²) in [6, 6.07) is 10.4. The molecule has 1 aromatic carbocycles. The van der Waals surface area contributed by atoms with Gasteiger partial charge in [0.1, 0.15) is 0 Å². The van der Waals surface area contributed by atoms with E-state index in [0.29, 0.717) is 6.10 Å². The summed E-state index contributed by atoms with van der Waals surface area (Å²) in [6.07, 6.45) is 2.25. The molecule has 2 rings (SSSR count). The Morgan fingerprint density at radius 2 is 2.06 bits per heavy atom. The van der Waals surface area contributed by atoms with Crippen LogP contribution < -0.4 is 0 Å². The van der Waals surface area contributed by atoms with Crippen molar-refractivity contribution in [3.8, 4) is 0 Å². The van der Waals surface area contributed by atoms with E-state index in [1.807, 2.05) is 24.1 Å². The van der Waals surface area contributed by atoms with Crippen LogP contribution >= 0.6 is 11.8 Å². The Kier molecular flexibility index (Phi) is 3.94. The van der Waals surface area contributed by atoms with E-state index in [4.69, 9.17) is 4.74 Å². The molecule has 2 heteroatoms. The van der Waals surface area contributed by atoms with E-state index in [2.05, 4.69) is 38.1 Å². The molecule has 0 radical (unpaired) electrons. The highest BCUT2D eigenvalue weighted by Crippen LogP contribution is 2.29. The standard InChI is InChI=1S/C14H18OS/c1-11(13-6-4-3-5-7-13)8-15-12(2)14-9-16-10-14/h3-8,12,14H,9-10H2,1-2H3/b11-8-. The SMILES string of the molecule is C/C(=C/OC(C)C1CSC1)c1ccccc1. The minimum absolute atomic E-state index is 0.347. The monoisotopic (exact) mass is 234 g/mol. The van der Waals surface area contributed by atoms with Crippen LogP contribution in [-0.4, -0.2) is 17.6 Å². The van der Waals surface area contributed by atoms with Crippen LogP contribution in [0.15, 0.2) is 36.6 Å². The molecule has 0 aromatic heterocycles. The van der Waals surface area contributed by atoms with Gasteiger partial charge in [-0.3, -0.25) is 0 Å². The topological polar surface area (TPSA) is 9.23 Å².